The number of hydrogen-bond acceptors (Lipinski definition) is 4. The Hall–Kier alpha value is -0.900. The smallest absolute Gasteiger partial charge is 0.149 e. The number of nitrogens with zero attached hydrogens (tertiary/aromatic N) is 1. The lowest BCUT2D eigenvalue weighted by Gasteiger charge is -2.29. The number of aromatic nitrogens is 1. The van der Waals surface area contributed by atoms with Gasteiger partial charge >= 0.3 is 0 Å². The molecule has 3 N–H and O–H groups in total. The molecule has 1 heterocycles. The maximum absolute atomic E-state index is 6.04. The zero-order chi connectivity index (χ0) is 12.3. The van der Waals surface area contributed by atoms with Crippen molar-refractivity contribution >= 4 is 23.3 Å². The SMILES string of the molecule is CSC1CCCC(Nc2nccc(C)c2N)C1. The second-order valence-electron chi connectivity index (χ2n) is 4.76. The van der Waals surface area contributed by atoms with Crippen LogP contribution < -0.4 is 11.1 Å². The lowest BCUT2D eigenvalue weighted by atomic mass is 9.95. The van der Waals surface area contributed by atoms with Crippen LogP contribution in [0.25, 0.3) is 0 Å². The Kier molecular flexibility index (Phi) is 4.15. The molecule has 2 atom stereocenters. The van der Waals surface area contributed by atoms with Crippen molar-refractivity contribution < 1.29 is 0 Å². The second kappa shape index (κ2) is 5.63. The molecule has 1 fully saturated rings. The first-order valence-corrected chi connectivity index (χ1v) is 7.50. The second-order valence-corrected chi connectivity index (χ2v) is 5.89. The van der Waals surface area contributed by atoms with E-state index in [4.69, 9.17) is 5.73 Å². The molecule has 94 valence electrons. The molecule has 17 heavy (non-hydrogen) atoms. The Bertz CT molecular complexity index is 381. The minimum absolute atomic E-state index is 0.526. The van der Waals surface area contributed by atoms with Crippen LogP contribution in [0.3, 0.4) is 0 Å². The maximum Gasteiger partial charge on any atom is 0.149 e. The lowest BCUT2D eigenvalue weighted by Crippen LogP contribution is -2.29. The largest absolute Gasteiger partial charge is 0.396 e. The molecule has 0 bridgehead atoms. The number of anilines is 2. The number of thioether (sulfide) groups is 1. The summed E-state index contributed by atoms with van der Waals surface area (Å²) in [6.45, 7) is 2.02. The van der Waals surface area contributed by atoms with Gasteiger partial charge in [0, 0.05) is 17.5 Å². The highest BCUT2D eigenvalue weighted by atomic mass is 32.2. The van der Waals surface area contributed by atoms with Crippen LogP contribution in [-0.2, 0) is 0 Å². The Balaban J connectivity index is 2.02. The van der Waals surface area contributed by atoms with E-state index in [9.17, 15) is 0 Å². The van der Waals surface area contributed by atoms with Crippen LogP contribution >= 0.6 is 11.8 Å². The monoisotopic (exact) mass is 251 g/mol. The molecule has 0 spiro atoms. The molecule has 0 aromatic carbocycles. The van der Waals surface area contributed by atoms with E-state index in [0.717, 1.165) is 22.3 Å². The zero-order valence-electron chi connectivity index (χ0n) is 10.6. The van der Waals surface area contributed by atoms with E-state index in [-0.39, 0.29) is 0 Å². The summed E-state index contributed by atoms with van der Waals surface area (Å²) in [5.41, 5.74) is 7.92. The first-order chi connectivity index (χ1) is 8.20. The highest BCUT2D eigenvalue weighted by Crippen LogP contribution is 2.30. The predicted molar refractivity (Wildman–Crippen MR) is 76.6 cm³/mol. The van der Waals surface area contributed by atoms with Gasteiger partial charge in [0.05, 0.1) is 5.69 Å². The van der Waals surface area contributed by atoms with Gasteiger partial charge in [0.15, 0.2) is 0 Å². The van der Waals surface area contributed by atoms with E-state index in [1.54, 1.807) is 0 Å². The standard InChI is InChI=1S/C13H21N3S/c1-9-6-7-15-13(12(9)14)16-10-4-3-5-11(8-10)17-2/h6-7,10-11H,3-5,8,14H2,1-2H3,(H,15,16). The van der Waals surface area contributed by atoms with Gasteiger partial charge in [-0.3, -0.25) is 0 Å². The summed E-state index contributed by atoms with van der Waals surface area (Å²) < 4.78 is 0. The fraction of sp³-hybridized carbons (Fsp3) is 0.615. The first-order valence-electron chi connectivity index (χ1n) is 6.21. The van der Waals surface area contributed by atoms with Gasteiger partial charge in [-0.15, -0.1) is 0 Å². The molecular formula is C13H21N3S. The van der Waals surface area contributed by atoms with Crippen molar-refractivity contribution in [2.75, 3.05) is 17.3 Å². The van der Waals surface area contributed by atoms with Gasteiger partial charge in [-0.2, -0.15) is 11.8 Å². The molecule has 0 saturated heterocycles. The van der Waals surface area contributed by atoms with E-state index in [0.29, 0.717) is 6.04 Å². The van der Waals surface area contributed by atoms with E-state index in [1.165, 1.54) is 25.7 Å². The van der Waals surface area contributed by atoms with Gasteiger partial charge in [-0.05, 0) is 44.1 Å². The Morgan fingerprint density at radius 1 is 1.47 bits per heavy atom. The highest BCUT2D eigenvalue weighted by molar-refractivity contribution is 7.99. The zero-order valence-corrected chi connectivity index (χ0v) is 11.4. The molecule has 3 nitrogen and oxygen atoms in total. The quantitative estimate of drug-likeness (QED) is 0.867. The fourth-order valence-corrected chi connectivity index (χ4v) is 3.20. The number of pyridine rings is 1. The third-order valence-corrected chi connectivity index (χ3v) is 4.60. The van der Waals surface area contributed by atoms with Crippen LogP contribution in [-0.4, -0.2) is 22.5 Å². The fourth-order valence-electron chi connectivity index (χ4n) is 2.37. The topological polar surface area (TPSA) is 50.9 Å². The van der Waals surface area contributed by atoms with Gasteiger partial charge in [0.1, 0.15) is 5.82 Å². The lowest BCUT2D eigenvalue weighted by molar-refractivity contribution is 0.473. The van der Waals surface area contributed by atoms with Crippen LogP contribution in [0.1, 0.15) is 31.2 Å². The summed E-state index contributed by atoms with van der Waals surface area (Å²) in [6, 6.07) is 2.48. The molecule has 0 aliphatic heterocycles. The minimum atomic E-state index is 0.526. The van der Waals surface area contributed by atoms with Crippen LogP contribution in [0, 0.1) is 6.92 Å². The van der Waals surface area contributed by atoms with Gasteiger partial charge in [-0.25, -0.2) is 4.98 Å². The number of rotatable bonds is 3. The van der Waals surface area contributed by atoms with E-state index >= 15 is 0 Å². The van der Waals surface area contributed by atoms with Crippen LogP contribution in [0.15, 0.2) is 12.3 Å². The summed E-state index contributed by atoms with van der Waals surface area (Å²) >= 11 is 1.98. The van der Waals surface area contributed by atoms with Gasteiger partial charge in [0.25, 0.3) is 0 Å². The summed E-state index contributed by atoms with van der Waals surface area (Å²) in [7, 11) is 0. The number of nitrogens with two attached hydrogens (primary N) is 1. The van der Waals surface area contributed by atoms with Gasteiger partial charge in [0.2, 0.25) is 0 Å². The van der Waals surface area contributed by atoms with Crippen molar-refractivity contribution in [3.8, 4) is 0 Å². The molecule has 1 aliphatic rings. The molecule has 2 rings (SSSR count). The van der Waals surface area contributed by atoms with E-state index < -0.39 is 0 Å². The van der Waals surface area contributed by atoms with Crippen LogP contribution in [0.4, 0.5) is 11.5 Å². The van der Waals surface area contributed by atoms with Crippen LogP contribution in [0.2, 0.25) is 0 Å². The van der Waals surface area contributed by atoms with Gasteiger partial charge < -0.3 is 11.1 Å². The molecular weight excluding hydrogens is 230 g/mol. The molecule has 0 radical (unpaired) electrons. The Morgan fingerprint density at radius 3 is 3.06 bits per heavy atom. The third kappa shape index (κ3) is 3.06. The molecule has 1 saturated carbocycles. The molecule has 1 aromatic rings. The average molecular weight is 251 g/mol. The highest BCUT2D eigenvalue weighted by Gasteiger charge is 2.21. The van der Waals surface area contributed by atoms with E-state index in [1.807, 2.05) is 30.9 Å². The van der Waals surface area contributed by atoms with Crippen molar-refractivity contribution in [3.63, 3.8) is 0 Å². The summed E-state index contributed by atoms with van der Waals surface area (Å²) in [4.78, 5) is 4.34. The molecule has 1 aliphatic carbocycles. The normalized spacial score (nSPS) is 24.6. The molecule has 1 aromatic heterocycles. The number of hydrogen-bond donors (Lipinski definition) is 2. The number of nitrogen functional groups attached to an aromatic ring is 1. The Morgan fingerprint density at radius 2 is 2.29 bits per heavy atom. The Labute approximate surface area is 108 Å². The van der Waals surface area contributed by atoms with Crippen LogP contribution in [0.5, 0.6) is 0 Å². The predicted octanol–water partition coefficient (Wildman–Crippen LogP) is 3.06. The summed E-state index contributed by atoms with van der Waals surface area (Å²) in [5.74, 6) is 0.858. The van der Waals surface area contributed by atoms with Crippen molar-refractivity contribution in [3.05, 3.63) is 17.8 Å². The third-order valence-electron chi connectivity index (χ3n) is 3.51. The summed E-state index contributed by atoms with van der Waals surface area (Å²) in [6.07, 6.45) is 9.11. The van der Waals surface area contributed by atoms with Crippen molar-refractivity contribution in [2.24, 2.45) is 0 Å². The minimum Gasteiger partial charge on any atom is -0.396 e. The van der Waals surface area contributed by atoms with Crippen molar-refractivity contribution in [2.45, 2.75) is 43.9 Å². The first kappa shape index (κ1) is 12.6. The molecule has 0 amide bonds. The van der Waals surface area contributed by atoms with E-state index in [2.05, 4.69) is 16.6 Å². The summed E-state index contributed by atoms with van der Waals surface area (Å²) in [5, 5.41) is 4.29. The number of nitrogens with one attached hydrogen (secondary N) is 1. The maximum atomic E-state index is 6.04. The number of aryl methyl sites for hydroxylation is 1. The average Bonchev–Trinajstić information content (AvgIpc) is 2.35. The molecule has 4 heteroatoms. The van der Waals surface area contributed by atoms with Crippen molar-refractivity contribution in [1.29, 1.82) is 0 Å². The van der Waals surface area contributed by atoms with Crippen molar-refractivity contribution in [1.82, 2.24) is 4.98 Å². The molecule has 2 unspecified atom stereocenters. The van der Waals surface area contributed by atoms with Gasteiger partial charge in [-0.1, -0.05) is 6.42 Å².